The molecule has 0 aliphatic heterocycles. The van der Waals surface area contributed by atoms with Gasteiger partial charge in [0, 0.05) is 17.0 Å². The first-order valence-electron chi connectivity index (χ1n) is 7.30. The van der Waals surface area contributed by atoms with Gasteiger partial charge in [-0.25, -0.2) is 0 Å². The second-order valence-corrected chi connectivity index (χ2v) is 6.79. The minimum Gasteiger partial charge on any atom is -0.395 e. The van der Waals surface area contributed by atoms with Crippen LogP contribution in [0, 0.1) is 0 Å². The Bertz CT molecular complexity index is 406. The summed E-state index contributed by atoms with van der Waals surface area (Å²) in [5, 5.41) is 12.7. The van der Waals surface area contributed by atoms with E-state index in [1.807, 2.05) is 11.8 Å². The monoisotopic (exact) mass is 279 g/mol. The van der Waals surface area contributed by atoms with Crippen LogP contribution in [-0.2, 0) is 12.8 Å². The van der Waals surface area contributed by atoms with E-state index in [1.165, 1.54) is 24.2 Å². The van der Waals surface area contributed by atoms with Crippen molar-refractivity contribution in [3.05, 3.63) is 29.3 Å². The minimum absolute atomic E-state index is 0.224. The Morgan fingerprint density at radius 2 is 2.05 bits per heavy atom. The number of nitrogens with one attached hydrogen (secondary N) is 1. The van der Waals surface area contributed by atoms with Crippen LogP contribution in [0.25, 0.3) is 0 Å². The number of hydrogen-bond acceptors (Lipinski definition) is 3. The average Bonchev–Trinajstić information content (AvgIpc) is 2.84. The Hall–Kier alpha value is -0.510. The molecule has 2 nitrogen and oxygen atoms in total. The average molecular weight is 279 g/mol. The fourth-order valence-electron chi connectivity index (χ4n) is 2.66. The van der Waals surface area contributed by atoms with Gasteiger partial charge in [0.25, 0.3) is 0 Å². The number of benzene rings is 1. The third-order valence-corrected chi connectivity index (χ3v) is 4.62. The van der Waals surface area contributed by atoms with Crippen molar-refractivity contribution < 1.29 is 5.11 Å². The van der Waals surface area contributed by atoms with Crippen molar-refractivity contribution in [1.29, 1.82) is 0 Å². The molecule has 2 rings (SSSR count). The molecule has 0 amide bonds. The van der Waals surface area contributed by atoms with Crippen LogP contribution in [0.4, 0.5) is 0 Å². The maximum absolute atomic E-state index is 9.33. The number of fused-ring (bicyclic) bond motifs is 1. The summed E-state index contributed by atoms with van der Waals surface area (Å²) in [7, 11) is 0. The van der Waals surface area contributed by atoms with Gasteiger partial charge < -0.3 is 10.4 Å². The molecule has 0 fully saturated rings. The van der Waals surface area contributed by atoms with Crippen LogP contribution >= 0.6 is 11.8 Å². The Morgan fingerprint density at radius 3 is 2.79 bits per heavy atom. The van der Waals surface area contributed by atoms with Gasteiger partial charge in [0.1, 0.15) is 0 Å². The van der Waals surface area contributed by atoms with Crippen molar-refractivity contribution >= 4 is 11.8 Å². The van der Waals surface area contributed by atoms with Gasteiger partial charge in [-0.3, -0.25) is 0 Å². The Labute approximate surface area is 121 Å². The van der Waals surface area contributed by atoms with E-state index in [9.17, 15) is 5.11 Å². The summed E-state index contributed by atoms with van der Waals surface area (Å²) in [5.74, 6) is 1.06. The summed E-state index contributed by atoms with van der Waals surface area (Å²) < 4.78 is 0. The Balaban J connectivity index is 1.79. The maximum atomic E-state index is 9.33. The number of rotatable bonds is 7. The molecule has 0 saturated carbocycles. The zero-order valence-corrected chi connectivity index (χ0v) is 12.8. The number of aliphatic hydroxyl groups excluding tert-OH is 1. The van der Waals surface area contributed by atoms with Crippen LogP contribution in [-0.4, -0.2) is 29.5 Å². The highest BCUT2D eigenvalue weighted by Gasteiger charge is 2.12. The zero-order valence-electron chi connectivity index (χ0n) is 12.0. The molecule has 19 heavy (non-hydrogen) atoms. The van der Waals surface area contributed by atoms with Crippen molar-refractivity contribution in [1.82, 2.24) is 5.32 Å². The number of hydrogen-bond donors (Lipinski definition) is 2. The predicted octanol–water partition coefficient (Wildman–Crippen LogP) is 3.02. The van der Waals surface area contributed by atoms with Gasteiger partial charge >= 0.3 is 0 Å². The molecule has 3 heteroatoms. The molecule has 0 aromatic heterocycles. The molecule has 0 saturated heterocycles. The van der Waals surface area contributed by atoms with Gasteiger partial charge in [-0.2, -0.15) is 0 Å². The number of thioether (sulfide) groups is 1. The van der Waals surface area contributed by atoms with Gasteiger partial charge in [0.05, 0.1) is 6.61 Å². The van der Waals surface area contributed by atoms with Crippen LogP contribution < -0.4 is 5.32 Å². The van der Waals surface area contributed by atoms with E-state index in [4.69, 9.17) is 0 Å². The largest absolute Gasteiger partial charge is 0.395 e. The minimum atomic E-state index is 0.224. The molecule has 1 aromatic carbocycles. The third-order valence-electron chi connectivity index (χ3n) is 3.59. The third kappa shape index (κ3) is 4.51. The summed E-state index contributed by atoms with van der Waals surface area (Å²) in [6.45, 7) is 4.47. The predicted molar refractivity (Wildman–Crippen MR) is 83.0 cm³/mol. The first-order chi connectivity index (χ1) is 9.19. The number of aliphatic hydroxyl groups is 1. The smallest absolute Gasteiger partial charge is 0.0585 e. The van der Waals surface area contributed by atoms with Gasteiger partial charge in [-0.05, 0) is 54.7 Å². The zero-order chi connectivity index (χ0) is 13.7. The van der Waals surface area contributed by atoms with Crippen LogP contribution in [0.1, 0.15) is 37.8 Å². The van der Waals surface area contributed by atoms with Crippen molar-refractivity contribution in [3.63, 3.8) is 0 Å². The van der Waals surface area contributed by atoms with Crippen LogP contribution in [0.2, 0.25) is 0 Å². The molecular weight excluding hydrogens is 254 g/mol. The molecule has 106 valence electrons. The first-order valence-corrected chi connectivity index (χ1v) is 8.29. The highest BCUT2D eigenvalue weighted by Crippen LogP contribution is 2.27. The van der Waals surface area contributed by atoms with Crippen molar-refractivity contribution in [2.45, 2.75) is 56.5 Å². The van der Waals surface area contributed by atoms with E-state index in [2.05, 4.69) is 37.4 Å². The molecule has 1 aromatic rings. The van der Waals surface area contributed by atoms with Gasteiger partial charge in [0.15, 0.2) is 0 Å². The normalized spacial score (nSPS) is 15.8. The van der Waals surface area contributed by atoms with Gasteiger partial charge in [-0.15, -0.1) is 11.8 Å². The molecule has 0 spiro atoms. The second kappa shape index (κ2) is 7.32. The quantitative estimate of drug-likeness (QED) is 0.753. The van der Waals surface area contributed by atoms with Gasteiger partial charge in [0.2, 0.25) is 0 Å². The lowest BCUT2D eigenvalue weighted by atomic mass is 10.1. The lowest BCUT2D eigenvalue weighted by Crippen LogP contribution is -2.37. The molecule has 0 heterocycles. The van der Waals surface area contributed by atoms with E-state index in [0.717, 1.165) is 12.2 Å². The molecule has 2 N–H and O–H groups in total. The highest BCUT2D eigenvalue weighted by molar-refractivity contribution is 7.99. The van der Waals surface area contributed by atoms with E-state index in [0.29, 0.717) is 6.04 Å². The molecule has 0 bridgehead atoms. The maximum Gasteiger partial charge on any atom is 0.0585 e. The van der Waals surface area contributed by atoms with E-state index in [-0.39, 0.29) is 12.6 Å². The molecule has 0 radical (unpaired) electrons. The van der Waals surface area contributed by atoms with E-state index >= 15 is 0 Å². The van der Waals surface area contributed by atoms with Crippen molar-refractivity contribution in [2.24, 2.45) is 0 Å². The van der Waals surface area contributed by atoms with Crippen molar-refractivity contribution in [2.75, 3.05) is 12.4 Å². The second-order valence-electron chi connectivity index (χ2n) is 5.62. The standard InChI is InChI=1S/C16H25NOS/c1-12(2)17-15(11-18)8-9-19-16-7-6-13-4-3-5-14(13)10-16/h6-7,10,12,15,17-18H,3-5,8-9,11H2,1-2H3. The highest BCUT2D eigenvalue weighted by atomic mass is 32.2. The van der Waals surface area contributed by atoms with E-state index < -0.39 is 0 Å². The molecule has 1 atom stereocenters. The summed E-state index contributed by atoms with van der Waals surface area (Å²) in [4.78, 5) is 1.38. The summed E-state index contributed by atoms with van der Waals surface area (Å²) in [6, 6.07) is 7.56. The van der Waals surface area contributed by atoms with Crippen molar-refractivity contribution in [3.8, 4) is 0 Å². The molecule has 1 aliphatic rings. The molecule has 1 aliphatic carbocycles. The summed E-state index contributed by atoms with van der Waals surface area (Å²) >= 11 is 1.91. The Morgan fingerprint density at radius 1 is 1.26 bits per heavy atom. The lowest BCUT2D eigenvalue weighted by molar-refractivity contribution is 0.232. The topological polar surface area (TPSA) is 32.3 Å². The lowest BCUT2D eigenvalue weighted by Gasteiger charge is -2.18. The number of aryl methyl sites for hydroxylation is 2. The summed E-state index contributed by atoms with van der Waals surface area (Å²) in [6.07, 6.45) is 4.83. The SMILES string of the molecule is CC(C)NC(CO)CCSc1ccc2c(c1)CCC2. The molecule has 1 unspecified atom stereocenters. The first kappa shape index (κ1) is 14.9. The van der Waals surface area contributed by atoms with Crippen LogP contribution in [0.15, 0.2) is 23.1 Å². The van der Waals surface area contributed by atoms with E-state index in [1.54, 1.807) is 11.1 Å². The van der Waals surface area contributed by atoms with Gasteiger partial charge in [-0.1, -0.05) is 19.9 Å². The summed E-state index contributed by atoms with van der Waals surface area (Å²) in [5.41, 5.74) is 3.09. The fourth-order valence-corrected chi connectivity index (χ4v) is 3.68. The van der Waals surface area contributed by atoms with Crippen LogP contribution in [0.5, 0.6) is 0 Å². The fraction of sp³-hybridized carbons (Fsp3) is 0.625. The molecular formula is C16H25NOS. The Kier molecular flexibility index (Phi) is 5.74. The van der Waals surface area contributed by atoms with Crippen LogP contribution in [0.3, 0.4) is 0 Å².